The van der Waals surface area contributed by atoms with Crippen molar-refractivity contribution in [3.8, 4) is 11.4 Å². The molecule has 0 bridgehead atoms. The van der Waals surface area contributed by atoms with Crippen molar-refractivity contribution in [2.45, 2.75) is 39.3 Å². The second-order valence-electron chi connectivity index (χ2n) is 8.93. The van der Waals surface area contributed by atoms with Gasteiger partial charge in [-0.25, -0.2) is 13.8 Å². The fourth-order valence-corrected chi connectivity index (χ4v) is 4.79. The molecular weight excluding hydrogens is 442 g/mol. The SMILES string of the molecule is CC(=O)N1CCO[C@H](Cn2c(-c3c(F)cc(N4CCCC4=O)cc3F)nc3cc(C)ccc32)C1. The number of anilines is 1. The van der Waals surface area contributed by atoms with Crippen LogP contribution in [0.3, 0.4) is 0 Å². The predicted octanol–water partition coefficient (Wildman–Crippen LogP) is 3.66. The van der Waals surface area contributed by atoms with Gasteiger partial charge in [-0.1, -0.05) is 6.07 Å². The fourth-order valence-electron chi connectivity index (χ4n) is 4.79. The van der Waals surface area contributed by atoms with Crippen LogP contribution in [0.25, 0.3) is 22.4 Å². The van der Waals surface area contributed by atoms with Gasteiger partial charge in [0, 0.05) is 38.7 Å². The van der Waals surface area contributed by atoms with Crippen LogP contribution in [0.5, 0.6) is 0 Å². The zero-order chi connectivity index (χ0) is 24.0. The molecule has 34 heavy (non-hydrogen) atoms. The number of aryl methyl sites for hydroxylation is 1. The molecule has 2 saturated heterocycles. The van der Waals surface area contributed by atoms with Crippen LogP contribution < -0.4 is 4.90 Å². The van der Waals surface area contributed by atoms with Crippen LogP contribution in [0.2, 0.25) is 0 Å². The number of nitrogens with zero attached hydrogens (tertiary/aromatic N) is 4. The van der Waals surface area contributed by atoms with Crippen molar-refractivity contribution < 1.29 is 23.1 Å². The number of imidazole rings is 1. The second kappa shape index (κ2) is 8.79. The van der Waals surface area contributed by atoms with Crippen LogP contribution in [0.1, 0.15) is 25.3 Å². The molecule has 178 valence electrons. The molecule has 1 aromatic heterocycles. The highest BCUT2D eigenvalue weighted by Crippen LogP contribution is 2.34. The number of aromatic nitrogens is 2. The molecule has 0 spiro atoms. The van der Waals surface area contributed by atoms with E-state index >= 15 is 8.78 Å². The van der Waals surface area contributed by atoms with Gasteiger partial charge >= 0.3 is 0 Å². The molecule has 3 heterocycles. The van der Waals surface area contributed by atoms with E-state index in [1.165, 1.54) is 24.0 Å². The quantitative estimate of drug-likeness (QED) is 0.586. The van der Waals surface area contributed by atoms with Crippen LogP contribution in [0, 0.1) is 18.6 Å². The van der Waals surface area contributed by atoms with Gasteiger partial charge < -0.3 is 19.1 Å². The molecule has 0 saturated carbocycles. The molecular formula is C25H26F2N4O3. The monoisotopic (exact) mass is 468 g/mol. The first-order valence-electron chi connectivity index (χ1n) is 11.5. The van der Waals surface area contributed by atoms with Crippen molar-refractivity contribution in [2.24, 2.45) is 0 Å². The topological polar surface area (TPSA) is 67.7 Å². The van der Waals surface area contributed by atoms with Crippen LogP contribution in [-0.4, -0.2) is 58.6 Å². The summed E-state index contributed by atoms with van der Waals surface area (Å²) < 4.78 is 38.4. The third kappa shape index (κ3) is 4.04. The molecule has 7 nitrogen and oxygen atoms in total. The van der Waals surface area contributed by atoms with Crippen molar-refractivity contribution in [2.75, 3.05) is 31.1 Å². The van der Waals surface area contributed by atoms with Gasteiger partial charge in [0.2, 0.25) is 11.8 Å². The second-order valence-corrected chi connectivity index (χ2v) is 8.93. The summed E-state index contributed by atoms with van der Waals surface area (Å²) in [7, 11) is 0. The third-order valence-corrected chi connectivity index (χ3v) is 6.51. The Kier molecular flexibility index (Phi) is 5.81. The number of fused-ring (bicyclic) bond motifs is 1. The van der Waals surface area contributed by atoms with Crippen molar-refractivity contribution >= 4 is 28.5 Å². The summed E-state index contributed by atoms with van der Waals surface area (Å²) in [6.45, 7) is 5.47. The highest BCUT2D eigenvalue weighted by atomic mass is 19.1. The van der Waals surface area contributed by atoms with E-state index in [0.717, 1.165) is 11.1 Å². The Morgan fingerprint density at radius 1 is 1.18 bits per heavy atom. The molecule has 0 radical (unpaired) electrons. The summed E-state index contributed by atoms with van der Waals surface area (Å²) in [5, 5.41) is 0. The first-order chi connectivity index (χ1) is 16.3. The summed E-state index contributed by atoms with van der Waals surface area (Å²) in [6, 6.07) is 8.06. The number of carbonyl (C=O) groups excluding carboxylic acids is 2. The van der Waals surface area contributed by atoms with E-state index in [-0.39, 0.29) is 41.5 Å². The van der Waals surface area contributed by atoms with Gasteiger partial charge in [-0.3, -0.25) is 9.59 Å². The summed E-state index contributed by atoms with van der Waals surface area (Å²) in [6.07, 6.45) is 0.693. The first-order valence-corrected chi connectivity index (χ1v) is 11.5. The van der Waals surface area contributed by atoms with Crippen LogP contribution in [0.15, 0.2) is 30.3 Å². The number of morpholine rings is 1. The summed E-state index contributed by atoms with van der Waals surface area (Å²) in [5.41, 5.74) is 2.29. The lowest BCUT2D eigenvalue weighted by Crippen LogP contribution is -2.46. The molecule has 0 unspecified atom stereocenters. The van der Waals surface area contributed by atoms with Crippen molar-refractivity contribution in [1.29, 1.82) is 0 Å². The normalized spacial score (nSPS) is 18.8. The lowest BCUT2D eigenvalue weighted by molar-refractivity contribution is -0.136. The molecule has 9 heteroatoms. The molecule has 0 N–H and O–H groups in total. The Morgan fingerprint density at radius 2 is 1.94 bits per heavy atom. The Balaban J connectivity index is 1.58. The van der Waals surface area contributed by atoms with Crippen molar-refractivity contribution in [3.05, 3.63) is 47.5 Å². The number of benzene rings is 2. The Labute approximate surface area is 195 Å². The average Bonchev–Trinajstić information content (AvgIpc) is 3.37. The number of halogens is 2. The van der Waals surface area contributed by atoms with Crippen LogP contribution in [-0.2, 0) is 20.9 Å². The summed E-state index contributed by atoms with van der Waals surface area (Å²) >= 11 is 0. The fraction of sp³-hybridized carbons (Fsp3) is 0.400. The van der Waals surface area contributed by atoms with Gasteiger partial charge in [-0.2, -0.15) is 0 Å². The van der Waals surface area contributed by atoms with Gasteiger partial charge in [0.1, 0.15) is 17.5 Å². The summed E-state index contributed by atoms with van der Waals surface area (Å²) in [4.78, 5) is 31.6. The van der Waals surface area contributed by atoms with Gasteiger partial charge in [0.05, 0.1) is 35.9 Å². The van der Waals surface area contributed by atoms with Crippen molar-refractivity contribution in [3.63, 3.8) is 0 Å². The molecule has 5 rings (SSSR count). The Bertz CT molecular complexity index is 1270. The van der Waals surface area contributed by atoms with Crippen LogP contribution in [0.4, 0.5) is 14.5 Å². The highest BCUT2D eigenvalue weighted by molar-refractivity contribution is 5.95. The van der Waals surface area contributed by atoms with E-state index in [2.05, 4.69) is 4.98 Å². The Morgan fingerprint density at radius 3 is 2.62 bits per heavy atom. The molecule has 1 atom stereocenters. The standard InChI is InChI=1S/C25H26F2N4O3/c1-15-5-6-22-21(10-15)28-25(31(22)14-18-13-29(16(2)32)8-9-34-18)24-19(26)11-17(12-20(24)27)30-7-3-4-23(30)33/h5-6,10-12,18H,3-4,7-9,13-14H2,1-2H3/t18-/m0/s1. The zero-order valence-corrected chi connectivity index (χ0v) is 19.2. The third-order valence-electron chi connectivity index (χ3n) is 6.51. The number of amides is 2. The molecule has 2 aromatic carbocycles. The number of ether oxygens (including phenoxy) is 1. The lowest BCUT2D eigenvalue weighted by Gasteiger charge is -2.32. The number of rotatable bonds is 4. The van der Waals surface area contributed by atoms with Crippen molar-refractivity contribution in [1.82, 2.24) is 14.5 Å². The maximum atomic E-state index is 15.4. The van der Waals surface area contributed by atoms with Gasteiger partial charge in [-0.15, -0.1) is 0 Å². The van der Waals surface area contributed by atoms with E-state index in [1.54, 1.807) is 9.47 Å². The Hall–Kier alpha value is -3.33. The van der Waals surface area contributed by atoms with Gasteiger partial charge in [-0.05, 0) is 43.2 Å². The smallest absolute Gasteiger partial charge is 0.227 e. The molecule has 2 aliphatic rings. The van der Waals surface area contributed by atoms with Gasteiger partial charge in [0.15, 0.2) is 0 Å². The predicted molar refractivity (Wildman–Crippen MR) is 123 cm³/mol. The average molecular weight is 469 g/mol. The lowest BCUT2D eigenvalue weighted by atomic mass is 10.1. The maximum Gasteiger partial charge on any atom is 0.227 e. The van der Waals surface area contributed by atoms with E-state index in [1.807, 2.05) is 25.1 Å². The maximum absolute atomic E-state index is 15.4. The summed E-state index contributed by atoms with van der Waals surface area (Å²) in [5.74, 6) is -1.59. The minimum absolute atomic E-state index is 0.0382. The van der Waals surface area contributed by atoms with Crippen LogP contribution >= 0.6 is 0 Å². The molecule has 2 fully saturated rings. The van der Waals surface area contributed by atoms with E-state index in [0.29, 0.717) is 44.6 Å². The minimum Gasteiger partial charge on any atom is -0.373 e. The van der Waals surface area contributed by atoms with E-state index in [4.69, 9.17) is 4.74 Å². The van der Waals surface area contributed by atoms with E-state index < -0.39 is 11.6 Å². The minimum atomic E-state index is -0.780. The van der Waals surface area contributed by atoms with E-state index in [9.17, 15) is 9.59 Å². The number of carbonyl (C=O) groups is 2. The highest BCUT2D eigenvalue weighted by Gasteiger charge is 2.28. The van der Waals surface area contributed by atoms with Gasteiger partial charge in [0.25, 0.3) is 0 Å². The molecule has 2 amide bonds. The number of hydrogen-bond donors (Lipinski definition) is 0. The first kappa shape index (κ1) is 22.5. The number of hydrogen-bond acceptors (Lipinski definition) is 4. The molecule has 2 aliphatic heterocycles. The molecule has 0 aliphatic carbocycles. The zero-order valence-electron chi connectivity index (χ0n) is 19.2. The largest absolute Gasteiger partial charge is 0.373 e. The molecule has 3 aromatic rings.